The van der Waals surface area contributed by atoms with E-state index in [0.717, 1.165) is 28.0 Å². The number of hydrogen-bond donors (Lipinski definition) is 1. The fraction of sp³-hybridized carbons (Fsp3) is 0.286. The van der Waals surface area contributed by atoms with E-state index in [9.17, 15) is 9.59 Å². The maximum Gasteiger partial charge on any atom is 0.228 e. The van der Waals surface area contributed by atoms with Crippen LogP contribution in [-0.4, -0.2) is 44.0 Å². The van der Waals surface area contributed by atoms with Gasteiger partial charge in [-0.05, 0) is 35.6 Å². The Morgan fingerprint density at radius 1 is 0.939 bits per heavy atom. The lowest BCUT2D eigenvalue weighted by molar-refractivity contribution is -0.132. The van der Waals surface area contributed by atoms with Gasteiger partial charge in [-0.1, -0.05) is 72.8 Å². The van der Waals surface area contributed by atoms with Crippen LogP contribution in [0.15, 0.2) is 78.9 Å². The molecule has 5 nitrogen and oxygen atoms in total. The van der Waals surface area contributed by atoms with Crippen molar-refractivity contribution in [2.75, 3.05) is 27.2 Å². The van der Waals surface area contributed by atoms with Gasteiger partial charge in [0.2, 0.25) is 11.8 Å². The number of para-hydroxylation sites is 1. The first-order valence-electron chi connectivity index (χ1n) is 11.3. The third-order valence-electron chi connectivity index (χ3n) is 6.53. The first-order chi connectivity index (χ1) is 16.0. The molecule has 0 radical (unpaired) electrons. The van der Waals surface area contributed by atoms with Gasteiger partial charge in [-0.2, -0.15) is 0 Å². The highest BCUT2D eigenvalue weighted by Gasteiger charge is 2.45. The summed E-state index contributed by atoms with van der Waals surface area (Å²) in [7, 11) is 3.34. The summed E-state index contributed by atoms with van der Waals surface area (Å²) in [5.74, 6) is 0.889. The number of amides is 2. The summed E-state index contributed by atoms with van der Waals surface area (Å²) >= 11 is 0. The Morgan fingerprint density at radius 3 is 2.33 bits per heavy atom. The third-order valence-corrected chi connectivity index (χ3v) is 6.53. The lowest BCUT2D eigenvalue weighted by Crippen LogP contribution is -2.44. The van der Waals surface area contributed by atoms with Crippen LogP contribution in [0.1, 0.15) is 17.5 Å². The van der Waals surface area contributed by atoms with Crippen molar-refractivity contribution in [2.24, 2.45) is 5.41 Å². The van der Waals surface area contributed by atoms with Gasteiger partial charge < -0.3 is 15.0 Å². The van der Waals surface area contributed by atoms with E-state index in [-0.39, 0.29) is 11.8 Å². The topological polar surface area (TPSA) is 58.6 Å². The van der Waals surface area contributed by atoms with Crippen molar-refractivity contribution in [3.8, 4) is 16.9 Å². The van der Waals surface area contributed by atoms with E-state index >= 15 is 0 Å². The van der Waals surface area contributed by atoms with E-state index < -0.39 is 5.41 Å². The predicted molar refractivity (Wildman–Crippen MR) is 130 cm³/mol. The number of hydrogen-bond acceptors (Lipinski definition) is 3. The summed E-state index contributed by atoms with van der Waals surface area (Å²) in [6.07, 6.45) is 1.60. The van der Waals surface area contributed by atoms with Gasteiger partial charge in [-0.15, -0.1) is 0 Å². The number of carbonyl (C=O) groups excluding carboxylic acids is 2. The van der Waals surface area contributed by atoms with Crippen LogP contribution in [0, 0.1) is 5.41 Å². The number of ether oxygens (including phenoxy) is 1. The van der Waals surface area contributed by atoms with Crippen LogP contribution in [0.5, 0.6) is 5.75 Å². The summed E-state index contributed by atoms with van der Waals surface area (Å²) in [6.45, 7) is 1.03. The zero-order chi connectivity index (χ0) is 23.3. The van der Waals surface area contributed by atoms with Gasteiger partial charge in [0, 0.05) is 25.7 Å². The Kier molecular flexibility index (Phi) is 6.78. The Labute approximate surface area is 195 Å². The first kappa shape index (κ1) is 22.6. The molecule has 3 aromatic rings. The maximum atomic E-state index is 13.0. The standard InChI is InChI=1S/C28H30N2O3/c1-29-27(32)28(16-17-30(20-28)26(31)18-21-8-4-3-5-9-21)19-22-12-14-23(15-13-22)24-10-6-7-11-25(24)33-2/h3-15H,16-20H2,1-2H3,(H,29,32)/t28-/m0/s1. The molecule has 4 rings (SSSR count). The van der Waals surface area contributed by atoms with Gasteiger partial charge in [0.15, 0.2) is 0 Å². The summed E-state index contributed by atoms with van der Waals surface area (Å²) in [6, 6.07) is 26.0. The molecule has 1 fully saturated rings. The van der Waals surface area contributed by atoms with E-state index in [1.165, 1.54) is 0 Å². The average Bonchev–Trinajstić information content (AvgIpc) is 3.30. The van der Waals surface area contributed by atoms with Gasteiger partial charge in [0.25, 0.3) is 0 Å². The number of nitrogens with zero attached hydrogens (tertiary/aromatic N) is 1. The van der Waals surface area contributed by atoms with Crippen LogP contribution in [0.4, 0.5) is 0 Å². The maximum absolute atomic E-state index is 13.0. The molecule has 170 valence electrons. The van der Waals surface area contributed by atoms with Gasteiger partial charge in [-0.3, -0.25) is 9.59 Å². The molecule has 1 N–H and O–H groups in total. The third kappa shape index (κ3) is 4.92. The van der Waals surface area contributed by atoms with E-state index in [1.54, 1.807) is 14.2 Å². The van der Waals surface area contributed by atoms with Gasteiger partial charge in [0.1, 0.15) is 5.75 Å². The van der Waals surface area contributed by atoms with Crippen LogP contribution in [0.3, 0.4) is 0 Å². The van der Waals surface area contributed by atoms with Crippen LogP contribution >= 0.6 is 0 Å². The highest BCUT2D eigenvalue weighted by molar-refractivity contribution is 5.86. The second kappa shape index (κ2) is 9.90. The number of benzene rings is 3. The second-order valence-corrected chi connectivity index (χ2v) is 8.66. The summed E-state index contributed by atoms with van der Waals surface area (Å²) < 4.78 is 5.49. The summed E-state index contributed by atoms with van der Waals surface area (Å²) in [5.41, 5.74) is 3.55. The minimum absolute atomic E-state index is 0.00804. The molecule has 0 unspecified atom stereocenters. The number of nitrogens with one attached hydrogen (secondary N) is 1. The monoisotopic (exact) mass is 442 g/mol. The first-order valence-corrected chi connectivity index (χ1v) is 11.3. The smallest absolute Gasteiger partial charge is 0.228 e. The fourth-order valence-corrected chi connectivity index (χ4v) is 4.72. The minimum atomic E-state index is -0.618. The van der Waals surface area contributed by atoms with E-state index in [1.807, 2.05) is 59.5 Å². The number of likely N-dealkylation sites (tertiary alicyclic amines) is 1. The Hall–Kier alpha value is -3.60. The van der Waals surface area contributed by atoms with Crippen LogP contribution in [-0.2, 0) is 22.4 Å². The lowest BCUT2D eigenvalue weighted by atomic mass is 9.79. The van der Waals surface area contributed by atoms with Crippen LogP contribution in [0.2, 0.25) is 0 Å². The van der Waals surface area contributed by atoms with Gasteiger partial charge in [-0.25, -0.2) is 0 Å². The SMILES string of the molecule is CNC(=O)[C@]1(Cc2ccc(-c3ccccc3OC)cc2)CCN(C(=O)Cc2ccccc2)C1. The van der Waals surface area contributed by atoms with E-state index in [2.05, 4.69) is 29.6 Å². The van der Waals surface area contributed by atoms with Gasteiger partial charge >= 0.3 is 0 Å². The largest absolute Gasteiger partial charge is 0.496 e. The molecule has 0 spiro atoms. The molecule has 0 saturated carbocycles. The molecule has 1 saturated heterocycles. The molecule has 5 heteroatoms. The Balaban J connectivity index is 1.50. The average molecular weight is 443 g/mol. The molecule has 0 bridgehead atoms. The zero-order valence-corrected chi connectivity index (χ0v) is 19.2. The zero-order valence-electron chi connectivity index (χ0n) is 19.2. The highest BCUT2D eigenvalue weighted by atomic mass is 16.5. The van der Waals surface area contributed by atoms with E-state index in [4.69, 9.17) is 4.74 Å². The normalized spacial score (nSPS) is 17.6. The number of rotatable bonds is 7. The van der Waals surface area contributed by atoms with Gasteiger partial charge in [0.05, 0.1) is 18.9 Å². The fourth-order valence-electron chi connectivity index (χ4n) is 4.72. The van der Waals surface area contributed by atoms with E-state index in [0.29, 0.717) is 32.4 Å². The van der Waals surface area contributed by atoms with Crippen molar-refractivity contribution in [1.82, 2.24) is 10.2 Å². The lowest BCUT2D eigenvalue weighted by Gasteiger charge is -2.28. The van der Waals surface area contributed by atoms with Crippen molar-refractivity contribution in [3.63, 3.8) is 0 Å². The molecule has 0 aliphatic carbocycles. The minimum Gasteiger partial charge on any atom is -0.496 e. The molecule has 1 heterocycles. The molecule has 1 aliphatic rings. The second-order valence-electron chi connectivity index (χ2n) is 8.66. The Morgan fingerprint density at radius 2 is 1.64 bits per heavy atom. The van der Waals surface area contributed by atoms with Crippen molar-refractivity contribution < 1.29 is 14.3 Å². The van der Waals surface area contributed by atoms with Crippen molar-refractivity contribution in [3.05, 3.63) is 90.0 Å². The molecule has 2 amide bonds. The predicted octanol–water partition coefficient (Wildman–Crippen LogP) is 4.11. The van der Waals surface area contributed by atoms with Crippen LogP contribution in [0.25, 0.3) is 11.1 Å². The Bertz CT molecular complexity index is 1110. The molecule has 3 aromatic carbocycles. The molecule has 33 heavy (non-hydrogen) atoms. The molecular weight excluding hydrogens is 412 g/mol. The van der Waals surface area contributed by atoms with Crippen molar-refractivity contribution >= 4 is 11.8 Å². The molecular formula is C28H30N2O3. The molecule has 1 atom stereocenters. The molecule has 1 aliphatic heterocycles. The van der Waals surface area contributed by atoms with Crippen molar-refractivity contribution in [1.29, 1.82) is 0 Å². The number of methoxy groups -OCH3 is 1. The summed E-state index contributed by atoms with van der Waals surface area (Å²) in [4.78, 5) is 27.7. The van der Waals surface area contributed by atoms with Crippen LogP contribution < -0.4 is 10.1 Å². The quantitative estimate of drug-likeness (QED) is 0.599. The number of carbonyl (C=O) groups is 2. The molecule has 0 aromatic heterocycles. The summed E-state index contributed by atoms with van der Waals surface area (Å²) in [5, 5.41) is 2.84. The highest BCUT2D eigenvalue weighted by Crippen LogP contribution is 2.36. The van der Waals surface area contributed by atoms with Crippen molar-refractivity contribution in [2.45, 2.75) is 19.3 Å².